The number of hydrogen-bond acceptors (Lipinski definition) is 3. The Morgan fingerprint density at radius 2 is 2.23 bits per heavy atom. The normalized spacial score (nSPS) is 10.2. The molecule has 1 heterocycles. The molecule has 0 unspecified atom stereocenters. The monoisotopic (exact) mass is 252 g/mol. The zero-order valence-corrected chi connectivity index (χ0v) is 8.95. The van der Waals surface area contributed by atoms with Crippen LogP contribution in [0.1, 0.15) is 5.56 Å². The van der Waals surface area contributed by atoms with Crippen molar-refractivity contribution in [3.05, 3.63) is 28.2 Å². The summed E-state index contributed by atoms with van der Waals surface area (Å²) in [5.74, 6) is 0. The largest absolute Gasteiger partial charge is 0.390 e. The highest BCUT2D eigenvalue weighted by molar-refractivity contribution is 9.10. The Morgan fingerprint density at radius 1 is 1.46 bits per heavy atom. The fraction of sp³-hybridized carbons (Fsp3) is 0. The molecule has 13 heavy (non-hydrogen) atoms. The molecule has 0 spiro atoms. The molecule has 0 bridgehead atoms. The lowest BCUT2D eigenvalue weighted by Crippen LogP contribution is -1.77. The van der Waals surface area contributed by atoms with E-state index in [-0.39, 0.29) is 0 Å². The lowest BCUT2D eigenvalue weighted by Gasteiger charge is -1.90. The Morgan fingerprint density at radius 3 is 2.92 bits per heavy atom. The van der Waals surface area contributed by atoms with Crippen LogP contribution in [0.3, 0.4) is 0 Å². The number of nitrogens with two attached hydrogens (primary N) is 1. The fourth-order valence-corrected chi connectivity index (χ4v) is 2.70. The molecule has 1 aromatic heterocycles. The molecule has 0 saturated heterocycles. The van der Waals surface area contributed by atoms with Crippen molar-refractivity contribution in [2.75, 3.05) is 5.73 Å². The fourth-order valence-electron chi connectivity index (χ4n) is 1.16. The Bertz CT molecular complexity index is 510. The van der Waals surface area contributed by atoms with Crippen molar-refractivity contribution in [1.82, 2.24) is 0 Å². The minimum atomic E-state index is 0.658. The molecule has 0 amide bonds. The van der Waals surface area contributed by atoms with Gasteiger partial charge in [0.25, 0.3) is 0 Å². The molecule has 0 atom stereocenters. The van der Waals surface area contributed by atoms with Gasteiger partial charge in [0.1, 0.15) is 5.00 Å². The summed E-state index contributed by atoms with van der Waals surface area (Å²) in [6.45, 7) is 0. The molecule has 2 nitrogen and oxygen atoms in total. The lowest BCUT2D eigenvalue weighted by atomic mass is 10.2. The summed E-state index contributed by atoms with van der Waals surface area (Å²) in [5, 5.41) is 10.5. The number of benzene rings is 1. The van der Waals surface area contributed by atoms with Gasteiger partial charge in [-0.15, -0.1) is 11.3 Å². The van der Waals surface area contributed by atoms with Crippen molar-refractivity contribution in [2.24, 2.45) is 0 Å². The van der Waals surface area contributed by atoms with Gasteiger partial charge in [-0.05, 0) is 34.1 Å². The standard InChI is InChI=1S/C9H5BrN2S/c10-8-6-3-5(4-11)1-2-7(6)13-9(8)12/h1-3H,12H2. The molecule has 0 aliphatic heterocycles. The van der Waals surface area contributed by atoms with Gasteiger partial charge in [0.2, 0.25) is 0 Å². The molecular weight excluding hydrogens is 248 g/mol. The van der Waals surface area contributed by atoms with E-state index in [9.17, 15) is 0 Å². The molecule has 2 rings (SSSR count). The Kier molecular flexibility index (Phi) is 1.98. The molecular formula is C9H5BrN2S. The van der Waals surface area contributed by atoms with Gasteiger partial charge in [0.15, 0.2) is 0 Å². The van der Waals surface area contributed by atoms with Crippen LogP contribution in [0.2, 0.25) is 0 Å². The number of anilines is 1. The number of nitriles is 1. The summed E-state index contributed by atoms with van der Waals surface area (Å²) in [6.07, 6.45) is 0. The molecule has 64 valence electrons. The molecule has 0 radical (unpaired) electrons. The van der Waals surface area contributed by atoms with E-state index in [0.29, 0.717) is 5.56 Å². The summed E-state index contributed by atoms with van der Waals surface area (Å²) >= 11 is 4.91. The molecule has 2 aromatic rings. The number of thiophene rings is 1. The zero-order chi connectivity index (χ0) is 9.42. The van der Waals surface area contributed by atoms with Gasteiger partial charge in [-0.25, -0.2) is 0 Å². The van der Waals surface area contributed by atoms with Crippen molar-refractivity contribution in [1.29, 1.82) is 5.26 Å². The SMILES string of the molecule is N#Cc1ccc2sc(N)c(Br)c2c1. The first-order valence-electron chi connectivity index (χ1n) is 3.60. The number of fused-ring (bicyclic) bond motifs is 1. The third-order valence-corrected chi connectivity index (χ3v) is 3.90. The molecule has 0 aliphatic carbocycles. The summed E-state index contributed by atoms with van der Waals surface area (Å²) < 4.78 is 1.99. The van der Waals surface area contributed by atoms with Crippen molar-refractivity contribution in [2.45, 2.75) is 0 Å². The van der Waals surface area contributed by atoms with E-state index in [1.54, 1.807) is 6.07 Å². The summed E-state index contributed by atoms with van der Waals surface area (Å²) in [4.78, 5) is 0. The van der Waals surface area contributed by atoms with Gasteiger partial charge in [-0.1, -0.05) is 0 Å². The maximum Gasteiger partial charge on any atom is 0.101 e. The lowest BCUT2D eigenvalue weighted by molar-refractivity contribution is 1.50. The molecule has 2 N–H and O–H groups in total. The first kappa shape index (κ1) is 8.54. The molecule has 0 aliphatic rings. The highest BCUT2D eigenvalue weighted by Gasteiger charge is 2.06. The number of nitrogen functional groups attached to an aromatic ring is 1. The molecule has 1 aromatic carbocycles. The van der Waals surface area contributed by atoms with Crippen molar-refractivity contribution < 1.29 is 0 Å². The van der Waals surface area contributed by atoms with Crippen LogP contribution in [-0.4, -0.2) is 0 Å². The first-order valence-corrected chi connectivity index (χ1v) is 5.21. The smallest absolute Gasteiger partial charge is 0.101 e. The summed E-state index contributed by atoms with van der Waals surface area (Å²) in [6, 6.07) is 7.65. The first-order chi connectivity index (χ1) is 6.22. The number of hydrogen-bond donors (Lipinski definition) is 1. The van der Waals surface area contributed by atoms with Gasteiger partial charge in [0, 0.05) is 10.1 Å². The third kappa shape index (κ3) is 1.30. The van der Waals surface area contributed by atoms with Gasteiger partial charge in [-0.2, -0.15) is 5.26 Å². The van der Waals surface area contributed by atoms with Crippen LogP contribution in [0.15, 0.2) is 22.7 Å². The van der Waals surface area contributed by atoms with Crippen LogP contribution in [0.5, 0.6) is 0 Å². The third-order valence-electron chi connectivity index (χ3n) is 1.78. The predicted octanol–water partition coefficient (Wildman–Crippen LogP) is 3.12. The average molecular weight is 253 g/mol. The van der Waals surface area contributed by atoms with E-state index in [0.717, 1.165) is 19.6 Å². The van der Waals surface area contributed by atoms with Crippen molar-refractivity contribution in [3.63, 3.8) is 0 Å². The highest BCUT2D eigenvalue weighted by Crippen LogP contribution is 2.37. The van der Waals surface area contributed by atoms with Crippen molar-refractivity contribution >= 4 is 42.4 Å². The van der Waals surface area contributed by atoms with E-state index >= 15 is 0 Å². The van der Waals surface area contributed by atoms with Crippen LogP contribution >= 0.6 is 27.3 Å². The Labute approximate surface area is 87.7 Å². The predicted molar refractivity (Wildman–Crippen MR) is 58.7 cm³/mol. The van der Waals surface area contributed by atoms with Crippen LogP contribution < -0.4 is 5.73 Å². The van der Waals surface area contributed by atoms with E-state index < -0.39 is 0 Å². The van der Waals surface area contributed by atoms with Crippen LogP contribution in [0.4, 0.5) is 5.00 Å². The Hall–Kier alpha value is -1.05. The van der Waals surface area contributed by atoms with Gasteiger partial charge in [-0.3, -0.25) is 0 Å². The topological polar surface area (TPSA) is 49.8 Å². The minimum absolute atomic E-state index is 0.658. The van der Waals surface area contributed by atoms with E-state index in [1.165, 1.54) is 11.3 Å². The van der Waals surface area contributed by atoms with Crippen molar-refractivity contribution in [3.8, 4) is 6.07 Å². The van der Waals surface area contributed by atoms with Gasteiger partial charge >= 0.3 is 0 Å². The Balaban J connectivity index is 2.84. The van der Waals surface area contributed by atoms with Gasteiger partial charge < -0.3 is 5.73 Å². The number of rotatable bonds is 0. The molecule has 0 fully saturated rings. The second-order valence-corrected chi connectivity index (χ2v) is 4.48. The van der Waals surface area contributed by atoms with E-state index in [4.69, 9.17) is 11.0 Å². The molecule has 0 saturated carbocycles. The van der Waals surface area contributed by atoms with E-state index in [2.05, 4.69) is 22.0 Å². The zero-order valence-electron chi connectivity index (χ0n) is 6.54. The van der Waals surface area contributed by atoms with Crippen LogP contribution in [0.25, 0.3) is 10.1 Å². The average Bonchev–Trinajstić information content (AvgIpc) is 2.43. The maximum atomic E-state index is 8.70. The van der Waals surface area contributed by atoms with Gasteiger partial charge in [0.05, 0.1) is 16.1 Å². The second-order valence-electron chi connectivity index (χ2n) is 2.60. The van der Waals surface area contributed by atoms with E-state index in [1.807, 2.05) is 12.1 Å². The van der Waals surface area contributed by atoms with Crippen LogP contribution in [0, 0.1) is 11.3 Å². The highest BCUT2D eigenvalue weighted by atomic mass is 79.9. The minimum Gasteiger partial charge on any atom is -0.390 e. The molecule has 4 heteroatoms. The summed E-state index contributed by atoms with van der Waals surface area (Å²) in [7, 11) is 0. The number of nitrogens with zero attached hydrogens (tertiary/aromatic N) is 1. The summed E-state index contributed by atoms with van der Waals surface area (Å²) in [5.41, 5.74) is 6.39. The number of halogens is 1. The second kappa shape index (κ2) is 3.02. The maximum absolute atomic E-state index is 8.70. The quantitative estimate of drug-likeness (QED) is 0.784. The van der Waals surface area contributed by atoms with Crippen LogP contribution in [-0.2, 0) is 0 Å².